The zero-order valence-electron chi connectivity index (χ0n) is 8.43. The highest BCUT2D eigenvalue weighted by atomic mass is 16.6. The molecular weight excluding hydrogens is 192 g/mol. The first-order valence-electron chi connectivity index (χ1n) is 5.01. The number of nitrogens with two attached hydrogens (primary N) is 1. The molecule has 0 spiro atoms. The second-order valence-electron chi connectivity index (χ2n) is 3.47. The molecule has 1 aliphatic rings. The molecule has 15 heavy (non-hydrogen) atoms. The Labute approximate surface area is 88.6 Å². The molecule has 0 radical (unpaired) electrons. The lowest BCUT2D eigenvalue weighted by molar-refractivity contribution is 0.148. The van der Waals surface area contributed by atoms with Gasteiger partial charge in [-0.2, -0.15) is 0 Å². The number of ether oxygens (including phenoxy) is 1. The van der Waals surface area contributed by atoms with Gasteiger partial charge < -0.3 is 10.5 Å². The summed E-state index contributed by atoms with van der Waals surface area (Å²) in [5.74, 6) is 0. The van der Waals surface area contributed by atoms with Crippen molar-refractivity contribution < 1.29 is 9.53 Å². The van der Waals surface area contributed by atoms with Gasteiger partial charge in [0.15, 0.2) is 0 Å². The van der Waals surface area contributed by atoms with Gasteiger partial charge in [0.2, 0.25) is 0 Å². The Hall–Kier alpha value is -1.55. The van der Waals surface area contributed by atoms with E-state index in [0.717, 1.165) is 5.56 Å². The lowest BCUT2D eigenvalue weighted by Gasteiger charge is -2.24. The fraction of sp³-hybridized carbons (Fsp3) is 0.364. The smallest absolute Gasteiger partial charge is 0.410 e. The highest BCUT2D eigenvalue weighted by molar-refractivity contribution is 5.70. The van der Waals surface area contributed by atoms with Gasteiger partial charge in [0.1, 0.15) is 6.61 Å². The molecule has 1 fully saturated rings. The lowest BCUT2D eigenvalue weighted by atomic mass is 10.1. The molecule has 4 nitrogen and oxygen atoms in total. The van der Waals surface area contributed by atoms with E-state index in [1.54, 1.807) is 4.90 Å². The predicted octanol–water partition coefficient (Wildman–Crippen LogP) is 1.14. The largest absolute Gasteiger partial charge is 0.448 e. The van der Waals surface area contributed by atoms with E-state index in [1.807, 2.05) is 30.3 Å². The van der Waals surface area contributed by atoms with Crippen molar-refractivity contribution in [2.24, 2.45) is 5.73 Å². The van der Waals surface area contributed by atoms with Gasteiger partial charge in [0.05, 0.1) is 12.6 Å². The monoisotopic (exact) mass is 206 g/mol. The van der Waals surface area contributed by atoms with Crippen molar-refractivity contribution in [2.45, 2.75) is 6.04 Å². The summed E-state index contributed by atoms with van der Waals surface area (Å²) in [4.78, 5) is 13.1. The second kappa shape index (κ2) is 4.31. The van der Waals surface area contributed by atoms with Crippen molar-refractivity contribution in [1.29, 1.82) is 0 Å². The summed E-state index contributed by atoms with van der Waals surface area (Å²) in [7, 11) is 0. The molecule has 1 amide bonds. The van der Waals surface area contributed by atoms with Crippen molar-refractivity contribution in [3.63, 3.8) is 0 Å². The van der Waals surface area contributed by atoms with Gasteiger partial charge in [0, 0.05) is 6.54 Å². The van der Waals surface area contributed by atoms with E-state index in [9.17, 15) is 4.79 Å². The fourth-order valence-electron chi connectivity index (χ4n) is 1.81. The third kappa shape index (κ3) is 1.94. The molecule has 1 heterocycles. The molecule has 1 aliphatic heterocycles. The normalized spacial score (nSPS) is 17.7. The highest BCUT2D eigenvalue weighted by Crippen LogP contribution is 2.22. The van der Waals surface area contributed by atoms with Crippen LogP contribution in [0.2, 0.25) is 0 Å². The van der Waals surface area contributed by atoms with Crippen LogP contribution >= 0.6 is 0 Å². The van der Waals surface area contributed by atoms with Crippen LogP contribution in [0.1, 0.15) is 11.6 Å². The SMILES string of the molecule is NCC(c1ccccc1)N1CCOC1=O. The lowest BCUT2D eigenvalue weighted by Crippen LogP contribution is -2.34. The zero-order chi connectivity index (χ0) is 10.7. The maximum atomic E-state index is 11.4. The molecule has 1 aromatic carbocycles. The quantitative estimate of drug-likeness (QED) is 0.806. The Bertz CT molecular complexity index is 340. The summed E-state index contributed by atoms with van der Waals surface area (Å²) in [5.41, 5.74) is 6.75. The van der Waals surface area contributed by atoms with Crippen LogP contribution in [0.5, 0.6) is 0 Å². The van der Waals surface area contributed by atoms with Crippen LogP contribution in [0.15, 0.2) is 30.3 Å². The van der Waals surface area contributed by atoms with Crippen molar-refractivity contribution in [3.05, 3.63) is 35.9 Å². The van der Waals surface area contributed by atoms with Crippen LogP contribution in [0.4, 0.5) is 4.79 Å². The number of hydrogen-bond acceptors (Lipinski definition) is 3. The maximum absolute atomic E-state index is 11.4. The molecule has 0 bridgehead atoms. The second-order valence-corrected chi connectivity index (χ2v) is 3.47. The van der Waals surface area contributed by atoms with Gasteiger partial charge in [-0.25, -0.2) is 4.79 Å². The Morgan fingerprint density at radius 2 is 2.13 bits per heavy atom. The van der Waals surface area contributed by atoms with Crippen molar-refractivity contribution >= 4 is 6.09 Å². The summed E-state index contributed by atoms with van der Waals surface area (Å²) < 4.78 is 4.90. The van der Waals surface area contributed by atoms with Crippen molar-refractivity contribution in [1.82, 2.24) is 4.90 Å². The molecule has 1 unspecified atom stereocenters. The van der Waals surface area contributed by atoms with Gasteiger partial charge in [-0.05, 0) is 5.56 Å². The van der Waals surface area contributed by atoms with Crippen LogP contribution < -0.4 is 5.73 Å². The zero-order valence-corrected chi connectivity index (χ0v) is 8.43. The summed E-state index contributed by atoms with van der Waals surface area (Å²) in [6.45, 7) is 1.50. The summed E-state index contributed by atoms with van der Waals surface area (Å²) in [6, 6.07) is 9.71. The van der Waals surface area contributed by atoms with E-state index in [4.69, 9.17) is 10.5 Å². The van der Waals surface area contributed by atoms with Gasteiger partial charge in [-0.15, -0.1) is 0 Å². The molecule has 1 saturated heterocycles. The van der Waals surface area contributed by atoms with Gasteiger partial charge in [0.25, 0.3) is 0 Å². The summed E-state index contributed by atoms with van der Waals surface area (Å²) in [5, 5.41) is 0. The Morgan fingerprint density at radius 1 is 1.40 bits per heavy atom. The van der Waals surface area contributed by atoms with Gasteiger partial charge >= 0.3 is 6.09 Å². The molecule has 1 atom stereocenters. The van der Waals surface area contributed by atoms with Gasteiger partial charge in [-0.1, -0.05) is 30.3 Å². The predicted molar refractivity (Wildman–Crippen MR) is 56.3 cm³/mol. The van der Waals surface area contributed by atoms with E-state index in [1.165, 1.54) is 0 Å². The minimum atomic E-state index is -0.269. The van der Waals surface area contributed by atoms with Crippen molar-refractivity contribution in [2.75, 3.05) is 19.7 Å². The molecule has 0 aliphatic carbocycles. The topological polar surface area (TPSA) is 55.6 Å². The number of carbonyl (C=O) groups is 1. The molecule has 0 aromatic heterocycles. The molecule has 1 aromatic rings. The molecular formula is C11H14N2O2. The third-order valence-electron chi connectivity index (χ3n) is 2.58. The first kappa shape index (κ1) is 9.98. The number of cyclic esters (lactones) is 1. The van der Waals surface area contributed by atoms with Crippen LogP contribution in [0, 0.1) is 0 Å². The van der Waals surface area contributed by atoms with Crippen LogP contribution in [-0.4, -0.2) is 30.7 Å². The van der Waals surface area contributed by atoms with E-state index in [2.05, 4.69) is 0 Å². The maximum Gasteiger partial charge on any atom is 0.410 e. The minimum absolute atomic E-state index is 0.0683. The van der Waals surface area contributed by atoms with Gasteiger partial charge in [-0.3, -0.25) is 4.90 Å². The van der Waals surface area contributed by atoms with E-state index in [-0.39, 0.29) is 12.1 Å². The molecule has 2 rings (SSSR count). The van der Waals surface area contributed by atoms with E-state index < -0.39 is 0 Å². The number of hydrogen-bond donors (Lipinski definition) is 1. The average molecular weight is 206 g/mol. The highest BCUT2D eigenvalue weighted by Gasteiger charge is 2.29. The fourth-order valence-corrected chi connectivity index (χ4v) is 1.81. The molecule has 0 saturated carbocycles. The molecule has 2 N–H and O–H groups in total. The Morgan fingerprint density at radius 3 is 2.67 bits per heavy atom. The molecule has 80 valence electrons. The minimum Gasteiger partial charge on any atom is -0.448 e. The number of nitrogens with zero attached hydrogens (tertiary/aromatic N) is 1. The summed E-state index contributed by atoms with van der Waals surface area (Å²) in [6.07, 6.45) is -0.269. The first-order chi connectivity index (χ1) is 7.33. The Balaban J connectivity index is 2.20. The van der Waals surface area contributed by atoms with E-state index in [0.29, 0.717) is 19.7 Å². The standard InChI is InChI=1S/C11H14N2O2/c12-8-10(9-4-2-1-3-5-9)13-6-7-15-11(13)14/h1-5,10H,6-8,12H2. The summed E-state index contributed by atoms with van der Waals surface area (Å²) >= 11 is 0. The Kier molecular flexibility index (Phi) is 2.87. The number of benzene rings is 1. The van der Waals surface area contributed by atoms with Crippen LogP contribution in [0.3, 0.4) is 0 Å². The van der Waals surface area contributed by atoms with Crippen molar-refractivity contribution in [3.8, 4) is 0 Å². The molecule has 4 heteroatoms. The number of carbonyl (C=O) groups excluding carboxylic acids is 1. The number of amides is 1. The first-order valence-corrected chi connectivity index (χ1v) is 5.01. The third-order valence-corrected chi connectivity index (χ3v) is 2.58. The average Bonchev–Trinajstić information content (AvgIpc) is 2.68. The number of rotatable bonds is 3. The van der Waals surface area contributed by atoms with E-state index >= 15 is 0 Å². The van der Waals surface area contributed by atoms with Crippen LogP contribution in [0.25, 0.3) is 0 Å². The van der Waals surface area contributed by atoms with Crippen LogP contribution in [-0.2, 0) is 4.74 Å².